The Kier molecular flexibility index (Phi) is 3.66. The summed E-state index contributed by atoms with van der Waals surface area (Å²) in [7, 11) is 0. The molecule has 1 aromatic heterocycles. The first-order valence-electron chi connectivity index (χ1n) is 5.02. The summed E-state index contributed by atoms with van der Waals surface area (Å²) >= 11 is 0. The van der Waals surface area contributed by atoms with Crippen LogP contribution in [0.25, 0.3) is 0 Å². The fraction of sp³-hybridized carbons (Fsp3) is 0.455. The van der Waals surface area contributed by atoms with Crippen LogP contribution in [-0.4, -0.2) is 16.7 Å². The van der Waals surface area contributed by atoms with Gasteiger partial charge in [-0.05, 0) is 26.8 Å². The van der Waals surface area contributed by atoms with Crippen molar-refractivity contribution < 1.29 is 4.79 Å². The molecule has 1 rings (SSSR count). The minimum atomic E-state index is -0.157. The van der Waals surface area contributed by atoms with Crippen molar-refractivity contribution in [3.8, 4) is 0 Å². The van der Waals surface area contributed by atoms with Gasteiger partial charge in [0.25, 0.3) is 0 Å². The maximum Gasteiger partial charge on any atom is 0.236 e. The average Bonchev–Trinajstić information content (AvgIpc) is 2.41. The summed E-state index contributed by atoms with van der Waals surface area (Å²) in [5.74, 6) is -0.157. The lowest BCUT2D eigenvalue weighted by molar-refractivity contribution is -0.118. The standard InChI is InChI=1S/C11H17N3O/c1-5-14-8(2)6-11(9(14)3)7-12-13-10(4)15/h6-7H,5H2,1-4H3,(H,13,15)/b12-7-. The molecule has 0 aromatic carbocycles. The van der Waals surface area contributed by atoms with Crippen molar-refractivity contribution in [3.05, 3.63) is 23.0 Å². The number of nitrogens with zero attached hydrogens (tertiary/aromatic N) is 2. The normalized spacial score (nSPS) is 10.9. The topological polar surface area (TPSA) is 46.4 Å². The second-order valence-electron chi connectivity index (χ2n) is 3.50. The van der Waals surface area contributed by atoms with Crippen LogP contribution in [0.1, 0.15) is 30.8 Å². The summed E-state index contributed by atoms with van der Waals surface area (Å²) in [5, 5.41) is 3.85. The van der Waals surface area contributed by atoms with E-state index in [0.29, 0.717) is 0 Å². The van der Waals surface area contributed by atoms with Crippen LogP contribution in [0.3, 0.4) is 0 Å². The number of rotatable bonds is 3. The summed E-state index contributed by atoms with van der Waals surface area (Å²) in [6.45, 7) is 8.60. The second kappa shape index (κ2) is 4.77. The fourth-order valence-electron chi connectivity index (χ4n) is 1.64. The summed E-state index contributed by atoms with van der Waals surface area (Å²) in [6, 6.07) is 2.06. The molecule has 1 amide bonds. The van der Waals surface area contributed by atoms with Crippen LogP contribution in [0.4, 0.5) is 0 Å². The SMILES string of the molecule is CCn1c(C)cc(/C=N\NC(C)=O)c1C. The van der Waals surface area contributed by atoms with E-state index in [9.17, 15) is 4.79 Å². The molecule has 0 atom stereocenters. The first-order chi connectivity index (χ1) is 7.06. The van der Waals surface area contributed by atoms with Crippen molar-refractivity contribution in [2.45, 2.75) is 34.2 Å². The Morgan fingerprint density at radius 3 is 2.73 bits per heavy atom. The molecule has 1 heterocycles. The number of carbonyl (C=O) groups excluding carboxylic acids is 1. The zero-order valence-corrected chi connectivity index (χ0v) is 9.66. The molecule has 0 aliphatic heterocycles. The van der Waals surface area contributed by atoms with Crippen molar-refractivity contribution >= 4 is 12.1 Å². The predicted octanol–water partition coefficient (Wildman–Crippen LogP) is 1.59. The van der Waals surface area contributed by atoms with E-state index in [4.69, 9.17) is 0 Å². The van der Waals surface area contributed by atoms with Gasteiger partial charge in [-0.25, -0.2) is 5.43 Å². The maximum absolute atomic E-state index is 10.6. The molecule has 4 heteroatoms. The maximum atomic E-state index is 10.6. The molecule has 1 N–H and O–H groups in total. The van der Waals surface area contributed by atoms with E-state index in [2.05, 4.69) is 35.0 Å². The van der Waals surface area contributed by atoms with Crippen molar-refractivity contribution in [3.63, 3.8) is 0 Å². The molecule has 82 valence electrons. The largest absolute Gasteiger partial charge is 0.349 e. The number of hydrogen-bond acceptors (Lipinski definition) is 2. The monoisotopic (exact) mass is 207 g/mol. The number of aromatic nitrogens is 1. The smallest absolute Gasteiger partial charge is 0.236 e. The Balaban J connectivity index is 2.87. The molecule has 0 spiro atoms. The third-order valence-corrected chi connectivity index (χ3v) is 2.35. The molecule has 0 unspecified atom stereocenters. The van der Waals surface area contributed by atoms with Gasteiger partial charge in [-0.15, -0.1) is 0 Å². The molecule has 0 aliphatic rings. The molecule has 0 fully saturated rings. The van der Waals surface area contributed by atoms with Crippen molar-refractivity contribution in [1.29, 1.82) is 0 Å². The van der Waals surface area contributed by atoms with Crippen molar-refractivity contribution in [1.82, 2.24) is 9.99 Å². The lowest BCUT2D eigenvalue weighted by Crippen LogP contribution is -2.12. The number of nitrogens with one attached hydrogen (secondary N) is 1. The van der Waals surface area contributed by atoms with Gasteiger partial charge in [0.1, 0.15) is 0 Å². The van der Waals surface area contributed by atoms with E-state index in [1.807, 2.05) is 6.92 Å². The molecule has 4 nitrogen and oxygen atoms in total. The highest BCUT2D eigenvalue weighted by Gasteiger charge is 2.04. The lowest BCUT2D eigenvalue weighted by Gasteiger charge is -2.04. The van der Waals surface area contributed by atoms with Crippen LogP contribution < -0.4 is 5.43 Å². The number of amides is 1. The van der Waals surface area contributed by atoms with Gasteiger partial charge >= 0.3 is 0 Å². The van der Waals surface area contributed by atoms with Crippen LogP contribution in [0, 0.1) is 13.8 Å². The van der Waals surface area contributed by atoms with Gasteiger partial charge in [0.15, 0.2) is 0 Å². The first kappa shape index (κ1) is 11.5. The molecule has 0 saturated heterocycles. The molecule has 1 aromatic rings. The number of aryl methyl sites for hydroxylation is 1. The molecule has 15 heavy (non-hydrogen) atoms. The first-order valence-corrected chi connectivity index (χ1v) is 5.02. The van der Waals surface area contributed by atoms with Crippen molar-refractivity contribution in [2.75, 3.05) is 0 Å². The lowest BCUT2D eigenvalue weighted by atomic mass is 10.3. The Morgan fingerprint density at radius 2 is 2.27 bits per heavy atom. The minimum Gasteiger partial charge on any atom is -0.349 e. The Labute approximate surface area is 90.0 Å². The van der Waals surface area contributed by atoms with Gasteiger partial charge < -0.3 is 4.57 Å². The van der Waals surface area contributed by atoms with Gasteiger partial charge in [-0.2, -0.15) is 5.10 Å². The fourth-order valence-corrected chi connectivity index (χ4v) is 1.64. The van der Waals surface area contributed by atoms with E-state index in [1.165, 1.54) is 18.3 Å². The quantitative estimate of drug-likeness (QED) is 0.594. The van der Waals surface area contributed by atoms with E-state index < -0.39 is 0 Å². The predicted molar refractivity (Wildman–Crippen MR) is 61.0 cm³/mol. The third kappa shape index (κ3) is 2.68. The highest BCUT2D eigenvalue weighted by Crippen LogP contribution is 2.12. The number of carbonyl (C=O) groups is 1. The van der Waals surface area contributed by atoms with Crippen LogP contribution in [0.5, 0.6) is 0 Å². The Morgan fingerprint density at radius 1 is 1.60 bits per heavy atom. The summed E-state index contributed by atoms with van der Waals surface area (Å²) in [4.78, 5) is 10.6. The number of hydrazone groups is 1. The van der Waals surface area contributed by atoms with E-state index in [-0.39, 0.29) is 5.91 Å². The van der Waals surface area contributed by atoms with Gasteiger partial charge in [0, 0.05) is 30.4 Å². The van der Waals surface area contributed by atoms with Gasteiger partial charge in [-0.1, -0.05) is 0 Å². The average molecular weight is 207 g/mol. The summed E-state index contributed by atoms with van der Waals surface area (Å²) < 4.78 is 2.20. The van der Waals surface area contributed by atoms with E-state index >= 15 is 0 Å². The minimum absolute atomic E-state index is 0.157. The van der Waals surface area contributed by atoms with Crippen molar-refractivity contribution in [2.24, 2.45) is 5.10 Å². The van der Waals surface area contributed by atoms with Gasteiger partial charge in [0.05, 0.1) is 6.21 Å². The van der Waals surface area contributed by atoms with Crippen LogP contribution >= 0.6 is 0 Å². The second-order valence-corrected chi connectivity index (χ2v) is 3.50. The molecule has 0 bridgehead atoms. The Hall–Kier alpha value is -1.58. The zero-order chi connectivity index (χ0) is 11.4. The van der Waals surface area contributed by atoms with Crippen LogP contribution in [0.2, 0.25) is 0 Å². The molecule has 0 radical (unpaired) electrons. The molecule has 0 aliphatic carbocycles. The molecule has 0 saturated carbocycles. The molecular weight excluding hydrogens is 190 g/mol. The highest BCUT2D eigenvalue weighted by atomic mass is 16.2. The van der Waals surface area contributed by atoms with Crippen LogP contribution in [-0.2, 0) is 11.3 Å². The zero-order valence-electron chi connectivity index (χ0n) is 9.66. The van der Waals surface area contributed by atoms with Gasteiger partial charge in [0.2, 0.25) is 5.91 Å². The summed E-state index contributed by atoms with van der Waals surface area (Å²) in [6.07, 6.45) is 1.68. The van der Waals surface area contributed by atoms with E-state index in [0.717, 1.165) is 12.1 Å². The third-order valence-electron chi connectivity index (χ3n) is 2.35. The molecular formula is C11H17N3O. The van der Waals surface area contributed by atoms with E-state index in [1.54, 1.807) is 6.21 Å². The summed E-state index contributed by atoms with van der Waals surface area (Å²) in [5.41, 5.74) is 5.81. The highest BCUT2D eigenvalue weighted by molar-refractivity contribution is 5.83. The van der Waals surface area contributed by atoms with Gasteiger partial charge in [-0.3, -0.25) is 4.79 Å². The Bertz CT molecular complexity index is 391. The van der Waals surface area contributed by atoms with Crippen LogP contribution in [0.15, 0.2) is 11.2 Å². The number of hydrogen-bond donors (Lipinski definition) is 1.